The van der Waals surface area contributed by atoms with Crippen LogP contribution < -0.4 is 4.31 Å². The largest absolute Gasteiger partial charge is 0.457 e. The van der Waals surface area contributed by atoms with E-state index in [1.165, 1.54) is 35.6 Å². The van der Waals surface area contributed by atoms with E-state index in [4.69, 9.17) is 4.74 Å². The number of rotatable bonds is 6. The van der Waals surface area contributed by atoms with Gasteiger partial charge in [-0.2, -0.15) is 0 Å². The van der Waals surface area contributed by atoms with Crippen molar-refractivity contribution in [1.82, 2.24) is 0 Å². The normalized spacial score (nSPS) is 11.0. The van der Waals surface area contributed by atoms with Gasteiger partial charge in [-0.1, -0.05) is 54.6 Å². The van der Waals surface area contributed by atoms with E-state index in [1.807, 2.05) is 36.4 Å². The number of para-hydroxylation sites is 1. The van der Waals surface area contributed by atoms with Gasteiger partial charge >= 0.3 is 5.97 Å². The van der Waals surface area contributed by atoms with Crippen molar-refractivity contribution in [2.24, 2.45) is 0 Å². The standard InChI is InChI=1S/C21H19NO4S/c1-22(19-12-6-3-7-13-19)27(24,25)20-14-8-11-18(15-20)21(23)26-16-17-9-4-2-5-10-17/h2-15H,16H2,1H3. The summed E-state index contributed by atoms with van der Waals surface area (Å²) < 4.78 is 32.2. The first-order valence-electron chi connectivity index (χ1n) is 8.33. The number of hydrogen-bond acceptors (Lipinski definition) is 4. The van der Waals surface area contributed by atoms with Gasteiger partial charge in [0.2, 0.25) is 0 Å². The average Bonchev–Trinajstić information content (AvgIpc) is 2.73. The number of benzene rings is 3. The fourth-order valence-corrected chi connectivity index (χ4v) is 3.77. The lowest BCUT2D eigenvalue weighted by Crippen LogP contribution is -2.26. The SMILES string of the molecule is CN(c1ccccc1)S(=O)(=O)c1cccc(C(=O)OCc2ccccc2)c1. The first-order valence-corrected chi connectivity index (χ1v) is 9.77. The molecule has 5 nitrogen and oxygen atoms in total. The maximum Gasteiger partial charge on any atom is 0.338 e. The van der Waals surface area contributed by atoms with Crippen LogP contribution in [0.4, 0.5) is 5.69 Å². The molecule has 0 aliphatic heterocycles. The number of anilines is 1. The molecule has 0 saturated carbocycles. The minimum absolute atomic E-state index is 0.0306. The van der Waals surface area contributed by atoms with Gasteiger partial charge in [0.05, 0.1) is 16.1 Å². The van der Waals surface area contributed by atoms with E-state index in [-0.39, 0.29) is 17.1 Å². The van der Waals surface area contributed by atoms with Crippen LogP contribution in [0.1, 0.15) is 15.9 Å². The van der Waals surface area contributed by atoms with Gasteiger partial charge in [-0.05, 0) is 35.9 Å². The molecule has 0 aliphatic rings. The molecule has 138 valence electrons. The Morgan fingerprint density at radius 1 is 0.889 bits per heavy atom. The molecular formula is C21H19NO4S. The zero-order chi connectivity index (χ0) is 19.3. The fourth-order valence-electron chi connectivity index (χ4n) is 2.52. The van der Waals surface area contributed by atoms with E-state index < -0.39 is 16.0 Å². The van der Waals surface area contributed by atoms with Gasteiger partial charge in [0.15, 0.2) is 0 Å². The van der Waals surface area contributed by atoms with Crippen LogP contribution in [0.2, 0.25) is 0 Å². The molecule has 3 rings (SSSR count). The Morgan fingerprint density at radius 3 is 2.19 bits per heavy atom. The average molecular weight is 381 g/mol. The molecule has 0 N–H and O–H groups in total. The van der Waals surface area contributed by atoms with Crippen molar-refractivity contribution < 1.29 is 17.9 Å². The highest BCUT2D eigenvalue weighted by molar-refractivity contribution is 7.92. The predicted octanol–water partition coefficient (Wildman–Crippen LogP) is 3.87. The van der Waals surface area contributed by atoms with Crippen LogP contribution >= 0.6 is 0 Å². The van der Waals surface area contributed by atoms with Crippen molar-refractivity contribution in [2.75, 3.05) is 11.4 Å². The molecule has 0 saturated heterocycles. The Bertz CT molecular complexity index is 1020. The minimum Gasteiger partial charge on any atom is -0.457 e. The Morgan fingerprint density at radius 2 is 1.52 bits per heavy atom. The van der Waals surface area contributed by atoms with E-state index in [0.717, 1.165) is 5.56 Å². The highest BCUT2D eigenvalue weighted by Crippen LogP contribution is 2.22. The number of sulfonamides is 1. The molecule has 0 aliphatic carbocycles. The molecule has 0 spiro atoms. The van der Waals surface area contributed by atoms with E-state index in [9.17, 15) is 13.2 Å². The van der Waals surface area contributed by atoms with Crippen LogP contribution in [0.5, 0.6) is 0 Å². The van der Waals surface area contributed by atoms with Crippen LogP contribution in [0.15, 0.2) is 89.8 Å². The third-order valence-electron chi connectivity index (χ3n) is 4.06. The number of carbonyl (C=O) groups excluding carboxylic acids is 1. The molecule has 0 radical (unpaired) electrons. The molecule has 0 atom stereocenters. The van der Waals surface area contributed by atoms with E-state index in [1.54, 1.807) is 24.3 Å². The van der Waals surface area contributed by atoms with Gasteiger partial charge in [0.1, 0.15) is 6.61 Å². The monoisotopic (exact) mass is 381 g/mol. The lowest BCUT2D eigenvalue weighted by atomic mass is 10.2. The van der Waals surface area contributed by atoms with E-state index >= 15 is 0 Å². The molecule has 0 fully saturated rings. The van der Waals surface area contributed by atoms with Crippen LogP contribution in [-0.2, 0) is 21.4 Å². The fraction of sp³-hybridized carbons (Fsp3) is 0.0952. The van der Waals surface area contributed by atoms with Crippen LogP contribution in [0.3, 0.4) is 0 Å². The van der Waals surface area contributed by atoms with Crippen molar-refractivity contribution in [3.8, 4) is 0 Å². The first-order chi connectivity index (χ1) is 13.0. The summed E-state index contributed by atoms with van der Waals surface area (Å²) in [6.07, 6.45) is 0. The molecule has 6 heteroatoms. The third kappa shape index (κ3) is 4.35. The topological polar surface area (TPSA) is 63.7 Å². The van der Waals surface area contributed by atoms with Crippen LogP contribution in [-0.4, -0.2) is 21.4 Å². The zero-order valence-corrected chi connectivity index (χ0v) is 15.6. The maximum absolute atomic E-state index is 12.9. The van der Waals surface area contributed by atoms with Gasteiger partial charge in [-0.25, -0.2) is 13.2 Å². The summed E-state index contributed by atoms with van der Waals surface area (Å²) in [6, 6.07) is 23.9. The molecule has 0 aromatic heterocycles. The number of hydrogen-bond donors (Lipinski definition) is 0. The van der Waals surface area contributed by atoms with Gasteiger partial charge in [0.25, 0.3) is 10.0 Å². The molecule has 27 heavy (non-hydrogen) atoms. The van der Waals surface area contributed by atoms with Gasteiger partial charge in [0, 0.05) is 7.05 Å². The summed E-state index contributed by atoms with van der Waals surface area (Å²) >= 11 is 0. The second kappa shape index (κ2) is 8.05. The number of esters is 1. The second-order valence-corrected chi connectivity index (χ2v) is 7.87. The van der Waals surface area contributed by atoms with E-state index in [0.29, 0.717) is 5.69 Å². The minimum atomic E-state index is -3.79. The Kier molecular flexibility index (Phi) is 5.57. The number of ether oxygens (including phenoxy) is 1. The van der Waals surface area contributed by atoms with Crippen LogP contribution in [0, 0.1) is 0 Å². The first kappa shape index (κ1) is 18.7. The summed E-state index contributed by atoms with van der Waals surface area (Å²) in [5.74, 6) is -0.571. The smallest absolute Gasteiger partial charge is 0.338 e. The van der Waals surface area contributed by atoms with Crippen molar-refractivity contribution in [3.63, 3.8) is 0 Å². The Labute approximate surface area is 158 Å². The van der Waals surface area contributed by atoms with Gasteiger partial charge in [-0.15, -0.1) is 0 Å². The summed E-state index contributed by atoms with van der Waals surface area (Å²) in [5, 5.41) is 0. The van der Waals surface area contributed by atoms with E-state index in [2.05, 4.69) is 0 Å². The summed E-state index contributed by atoms with van der Waals surface area (Å²) in [4.78, 5) is 12.3. The summed E-state index contributed by atoms with van der Waals surface area (Å²) in [6.45, 7) is 0.126. The Hall–Kier alpha value is -3.12. The zero-order valence-electron chi connectivity index (χ0n) is 14.8. The third-order valence-corrected chi connectivity index (χ3v) is 5.84. The maximum atomic E-state index is 12.9. The van der Waals surface area contributed by atoms with Gasteiger partial charge < -0.3 is 4.74 Å². The number of carbonyl (C=O) groups is 1. The summed E-state index contributed by atoms with van der Waals surface area (Å²) in [7, 11) is -2.31. The van der Waals surface area contributed by atoms with Crippen LogP contribution in [0.25, 0.3) is 0 Å². The quantitative estimate of drug-likeness (QED) is 0.608. The molecule has 3 aromatic rings. The highest BCUT2D eigenvalue weighted by atomic mass is 32.2. The molecule has 0 heterocycles. The lowest BCUT2D eigenvalue weighted by molar-refractivity contribution is 0.0472. The molecule has 0 amide bonds. The molecular weight excluding hydrogens is 362 g/mol. The van der Waals surface area contributed by atoms with Crippen molar-refractivity contribution >= 4 is 21.7 Å². The number of nitrogens with zero attached hydrogens (tertiary/aromatic N) is 1. The lowest BCUT2D eigenvalue weighted by Gasteiger charge is -2.19. The summed E-state index contributed by atoms with van der Waals surface area (Å²) in [5.41, 5.74) is 1.58. The molecule has 0 unspecified atom stereocenters. The van der Waals surface area contributed by atoms with Crippen molar-refractivity contribution in [3.05, 3.63) is 96.1 Å². The van der Waals surface area contributed by atoms with Gasteiger partial charge in [-0.3, -0.25) is 4.31 Å². The van der Waals surface area contributed by atoms with Crippen molar-refractivity contribution in [2.45, 2.75) is 11.5 Å². The molecule has 0 bridgehead atoms. The molecule has 3 aromatic carbocycles. The van der Waals surface area contributed by atoms with Crippen molar-refractivity contribution in [1.29, 1.82) is 0 Å². The second-order valence-electron chi connectivity index (χ2n) is 5.90. The Balaban J connectivity index is 1.79. The predicted molar refractivity (Wildman–Crippen MR) is 104 cm³/mol. The highest BCUT2D eigenvalue weighted by Gasteiger charge is 2.22.